The number of piperidine rings is 1. The van der Waals surface area contributed by atoms with Crippen LogP contribution in [-0.4, -0.2) is 24.5 Å². The van der Waals surface area contributed by atoms with Gasteiger partial charge in [-0.15, -0.1) is 23.1 Å². The second-order valence-corrected chi connectivity index (χ2v) is 7.88. The average molecular weight is 347 g/mol. The molecule has 2 unspecified atom stereocenters. The highest BCUT2D eigenvalue weighted by atomic mass is 32.2. The zero-order valence-corrected chi connectivity index (χ0v) is 14.9. The first-order valence-corrected chi connectivity index (χ1v) is 9.89. The van der Waals surface area contributed by atoms with Crippen molar-refractivity contribution in [3.8, 4) is 0 Å². The summed E-state index contributed by atoms with van der Waals surface area (Å²) in [6.07, 6.45) is 2.16. The van der Waals surface area contributed by atoms with Crippen molar-refractivity contribution in [2.75, 3.05) is 6.54 Å². The number of benzene rings is 1. The topological polar surface area (TPSA) is 41.1 Å². The van der Waals surface area contributed by atoms with Gasteiger partial charge in [0.05, 0.1) is 5.56 Å². The number of amides is 1. The minimum atomic E-state index is 0.0415. The highest BCUT2D eigenvalue weighted by Crippen LogP contribution is 2.28. The quantitative estimate of drug-likeness (QED) is 0.807. The van der Waals surface area contributed by atoms with Crippen LogP contribution in [0.2, 0.25) is 0 Å². The smallest absolute Gasteiger partial charge is 0.252 e. The molecule has 1 amide bonds. The van der Waals surface area contributed by atoms with Crippen LogP contribution in [0, 0.1) is 0 Å². The minimum absolute atomic E-state index is 0.0415. The molecule has 23 heavy (non-hydrogen) atoms. The van der Waals surface area contributed by atoms with Gasteiger partial charge in [-0.2, -0.15) is 0 Å². The van der Waals surface area contributed by atoms with E-state index in [0.29, 0.717) is 6.04 Å². The Kier molecular flexibility index (Phi) is 5.75. The van der Waals surface area contributed by atoms with Crippen molar-refractivity contribution in [1.29, 1.82) is 0 Å². The van der Waals surface area contributed by atoms with Crippen LogP contribution in [0.15, 0.2) is 46.7 Å². The molecule has 122 valence electrons. The molecule has 1 aliphatic heterocycles. The third kappa shape index (κ3) is 4.37. The van der Waals surface area contributed by atoms with Crippen LogP contribution in [0.1, 0.15) is 35.0 Å². The van der Waals surface area contributed by atoms with E-state index in [1.165, 1.54) is 4.88 Å². The molecular weight excluding hydrogens is 324 g/mol. The van der Waals surface area contributed by atoms with Gasteiger partial charge >= 0.3 is 0 Å². The molecule has 1 fully saturated rings. The minimum Gasteiger partial charge on any atom is -0.348 e. The van der Waals surface area contributed by atoms with Crippen LogP contribution in [0.4, 0.5) is 0 Å². The van der Waals surface area contributed by atoms with Gasteiger partial charge in [-0.05, 0) is 49.9 Å². The number of rotatable bonds is 5. The molecule has 1 aromatic carbocycles. The van der Waals surface area contributed by atoms with Gasteiger partial charge in [-0.1, -0.05) is 18.2 Å². The molecule has 3 rings (SSSR count). The number of carbonyl (C=O) groups excluding carboxylic acids is 1. The molecule has 2 N–H and O–H groups in total. The van der Waals surface area contributed by atoms with E-state index in [1.807, 2.05) is 24.3 Å². The molecule has 1 aromatic heterocycles. The Labute approximate surface area is 145 Å². The summed E-state index contributed by atoms with van der Waals surface area (Å²) in [5.41, 5.74) is 0.784. The summed E-state index contributed by atoms with van der Waals surface area (Å²) in [5, 5.41) is 8.72. The van der Waals surface area contributed by atoms with Crippen molar-refractivity contribution < 1.29 is 4.79 Å². The number of thiophene rings is 1. The monoisotopic (exact) mass is 346 g/mol. The summed E-state index contributed by atoms with van der Waals surface area (Å²) in [4.78, 5) is 15.1. The summed E-state index contributed by atoms with van der Waals surface area (Å²) >= 11 is 3.49. The van der Waals surface area contributed by atoms with Crippen LogP contribution in [-0.2, 0) is 5.75 Å². The third-order valence-corrected chi connectivity index (χ3v) is 6.34. The highest BCUT2D eigenvalue weighted by molar-refractivity contribution is 7.98. The Balaban J connectivity index is 1.67. The lowest BCUT2D eigenvalue weighted by Crippen LogP contribution is -2.51. The molecule has 2 heterocycles. The number of hydrogen-bond donors (Lipinski definition) is 2. The lowest BCUT2D eigenvalue weighted by molar-refractivity contribution is 0.0917. The van der Waals surface area contributed by atoms with Gasteiger partial charge in [-0.25, -0.2) is 0 Å². The third-order valence-electron chi connectivity index (χ3n) is 4.16. The Morgan fingerprint density at radius 2 is 2.22 bits per heavy atom. The number of hydrogen-bond acceptors (Lipinski definition) is 4. The van der Waals surface area contributed by atoms with E-state index in [0.717, 1.165) is 35.6 Å². The predicted molar refractivity (Wildman–Crippen MR) is 98.3 cm³/mol. The van der Waals surface area contributed by atoms with Gasteiger partial charge in [0.2, 0.25) is 0 Å². The maximum atomic E-state index is 12.7. The van der Waals surface area contributed by atoms with Crippen molar-refractivity contribution in [2.24, 2.45) is 0 Å². The van der Waals surface area contributed by atoms with Crippen molar-refractivity contribution in [3.63, 3.8) is 0 Å². The molecule has 0 saturated carbocycles. The van der Waals surface area contributed by atoms with Gasteiger partial charge in [0.25, 0.3) is 5.91 Å². The molecular formula is C18H22N2OS2. The van der Waals surface area contributed by atoms with E-state index >= 15 is 0 Å². The zero-order chi connectivity index (χ0) is 16.1. The second-order valence-electron chi connectivity index (χ2n) is 5.83. The molecule has 1 aliphatic rings. The van der Waals surface area contributed by atoms with Crippen molar-refractivity contribution in [3.05, 3.63) is 52.2 Å². The Bertz CT molecular complexity index is 642. The Hall–Kier alpha value is -1.30. The molecule has 1 saturated heterocycles. The van der Waals surface area contributed by atoms with Crippen molar-refractivity contribution >= 4 is 29.0 Å². The van der Waals surface area contributed by atoms with Gasteiger partial charge < -0.3 is 10.6 Å². The summed E-state index contributed by atoms with van der Waals surface area (Å²) in [7, 11) is 0. The van der Waals surface area contributed by atoms with Gasteiger partial charge in [0.1, 0.15) is 0 Å². The maximum Gasteiger partial charge on any atom is 0.252 e. The molecule has 2 atom stereocenters. The lowest BCUT2D eigenvalue weighted by Gasteiger charge is -2.30. The number of carbonyl (C=O) groups is 1. The summed E-state index contributed by atoms with van der Waals surface area (Å²) < 4.78 is 0. The van der Waals surface area contributed by atoms with Crippen LogP contribution in [0.25, 0.3) is 0 Å². The summed E-state index contributed by atoms with van der Waals surface area (Å²) in [5.74, 6) is 0.948. The van der Waals surface area contributed by atoms with E-state index in [1.54, 1.807) is 23.1 Å². The first kappa shape index (κ1) is 16.6. The first-order chi connectivity index (χ1) is 11.2. The lowest BCUT2D eigenvalue weighted by atomic mass is 9.99. The first-order valence-electron chi connectivity index (χ1n) is 8.02. The van der Waals surface area contributed by atoms with E-state index in [-0.39, 0.29) is 11.9 Å². The van der Waals surface area contributed by atoms with E-state index in [2.05, 4.69) is 35.1 Å². The van der Waals surface area contributed by atoms with Crippen molar-refractivity contribution in [2.45, 2.75) is 42.5 Å². The Morgan fingerprint density at radius 1 is 1.35 bits per heavy atom. The zero-order valence-electron chi connectivity index (χ0n) is 13.2. The standard InChI is InChI=1S/C18H22N2OS2/c1-13-16(8-4-10-19-13)20-18(21)15-7-2-3-9-17(15)23-12-14-6-5-11-22-14/h2-3,5-7,9,11,13,16,19H,4,8,10,12H2,1H3,(H,20,21). The summed E-state index contributed by atoms with van der Waals surface area (Å²) in [6.45, 7) is 3.18. The Morgan fingerprint density at radius 3 is 3.00 bits per heavy atom. The normalized spacial score (nSPS) is 21.1. The van der Waals surface area contributed by atoms with Crippen molar-refractivity contribution in [1.82, 2.24) is 10.6 Å². The van der Waals surface area contributed by atoms with Crippen LogP contribution >= 0.6 is 23.1 Å². The number of thioether (sulfide) groups is 1. The second kappa shape index (κ2) is 7.99. The molecule has 5 heteroatoms. The molecule has 0 aliphatic carbocycles. The van der Waals surface area contributed by atoms with E-state index < -0.39 is 0 Å². The fraction of sp³-hybridized carbons (Fsp3) is 0.389. The fourth-order valence-electron chi connectivity index (χ4n) is 2.81. The molecule has 3 nitrogen and oxygen atoms in total. The molecule has 0 radical (unpaired) electrons. The molecule has 2 aromatic rings. The molecule has 0 spiro atoms. The molecule has 0 bridgehead atoms. The van der Waals surface area contributed by atoms with E-state index in [4.69, 9.17) is 0 Å². The maximum absolute atomic E-state index is 12.7. The fourth-order valence-corrected chi connectivity index (χ4v) is 4.63. The summed E-state index contributed by atoms with van der Waals surface area (Å²) in [6, 6.07) is 12.6. The van der Waals surface area contributed by atoms with Gasteiger partial charge in [-0.3, -0.25) is 4.79 Å². The largest absolute Gasteiger partial charge is 0.348 e. The van der Waals surface area contributed by atoms with Crippen LogP contribution < -0.4 is 10.6 Å². The number of nitrogens with one attached hydrogen (secondary N) is 2. The van der Waals surface area contributed by atoms with Crippen LogP contribution in [0.5, 0.6) is 0 Å². The predicted octanol–water partition coefficient (Wildman–Crippen LogP) is 3.91. The SMILES string of the molecule is CC1NCCCC1NC(=O)c1ccccc1SCc1cccs1. The van der Waals surface area contributed by atoms with E-state index in [9.17, 15) is 4.79 Å². The van der Waals surface area contributed by atoms with Gasteiger partial charge in [0.15, 0.2) is 0 Å². The highest BCUT2D eigenvalue weighted by Gasteiger charge is 2.23. The average Bonchev–Trinajstić information content (AvgIpc) is 3.09. The van der Waals surface area contributed by atoms with Gasteiger partial charge in [0, 0.05) is 27.6 Å². The van der Waals surface area contributed by atoms with Crippen LogP contribution in [0.3, 0.4) is 0 Å².